The fourth-order valence-electron chi connectivity index (χ4n) is 3.78. The van der Waals surface area contributed by atoms with Crippen LogP contribution in [0.25, 0.3) is 0 Å². The molecule has 2 aromatic rings. The van der Waals surface area contributed by atoms with Gasteiger partial charge in [-0.25, -0.2) is 14.6 Å². The van der Waals surface area contributed by atoms with Gasteiger partial charge in [-0.2, -0.15) is 0 Å². The molecule has 0 spiro atoms. The van der Waals surface area contributed by atoms with Crippen molar-refractivity contribution in [3.05, 3.63) is 52.5 Å². The first-order chi connectivity index (χ1) is 12.6. The summed E-state index contributed by atoms with van der Waals surface area (Å²) in [7, 11) is 0. The molecule has 136 valence electrons. The molecule has 0 radical (unpaired) electrons. The third-order valence-corrected chi connectivity index (χ3v) is 6.04. The van der Waals surface area contributed by atoms with E-state index in [-0.39, 0.29) is 25.7 Å². The summed E-state index contributed by atoms with van der Waals surface area (Å²) >= 11 is 1.46. The van der Waals surface area contributed by atoms with Crippen LogP contribution in [0, 0.1) is 5.92 Å². The van der Waals surface area contributed by atoms with Crippen LogP contribution in [-0.2, 0) is 26.3 Å². The number of carbonyl (C=O) groups excluding carboxylic acids is 1. The molecule has 3 atom stereocenters. The van der Waals surface area contributed by atoms with Crippen molar-refractivity contribution in [3.8, 4) is 0 Å². The molecule has 7 nitrogen and oxygen atoms in total. The summed E-state index contributed by atoms with van der Waals surface area (Å²) in [5.74, 6) is -1.34. The first-order valence-electron chi connectivity index (χ1n) is 8.30. The van der Waals surface area contributed by atoms with E-state index in [1.165, 1.54) is 11.3 Å². The second-order valence-electron chi connectivity index (χ2n) is 6.59. The number of carbonyl (C=O) groups is 2. The minimum Gasteiger partial charge on any atom is -0.479 e. The van der Waals surface area contributed by atoms with Crippen LogP contribution in [0.4, 0.5) is 4.79 Å². The predicted molar refractivity (Wildman–Crippen MR) is 92.9 cm³/mol. The molecule has 1 aromatic heterocycles. The monoisotopic (exact) mass is 374 g/mol. The van der Waals surface area contributed by atoms with Gasteiger partial charge in [0, 0.05) is 30.6 Å². The topological polar surface area (TPSA) is 89.0 Å². The van der Waals surface area contributed by atoms with Crippen molar-refractivity contribution in [3.63, 3.8) is 0 Å². The number of amides is 1. The number of nitrogens with zero attached hydrogens (tertiary/aromatic N) is 2. The molecular formula is C18H18N2O5S. The molecule has 0 saturated carbocycles. The highest BCUT2D eigenvalue weighted by Crippen LogP contribution is 2.47. The van der Waals surface area contributed by atoms with Crippen molar-refractivity contribution in [2.24, 2.45) is 5.92 Å². The molecule has 2 aliphatic rings. The standard InChI is InChI=1S/C18H18N2O5S/c21-15(22)14-13-8-20(17(23)24-9-12-4-2-1-3-5-12)10-18(13,11-25-14)16-19-6-7-26-16/h1-7,13-14H,8-11H2,(H,21,22). The Hall–Kier alpha value is -2.45. The molecule has 1 N–H and O–H groups in total. The fraction of sp³-hybridized carbons (Fsp3) is 0.389. The minimum atomic E-state index is -1.01. The maximum atomic E-state index is 12.5. The van der Waals surface area contributed by atoms with Crippen LogP contribution < -0.4 is 0 Å². The second-order valence-corrected chi connectivity index (χ2v) is 7.49. The van der Waals surface area contributed by atoms with Crippen LogP contribution in [0.2, 0.25) is 0 Å². The number of carboxylic acids is 1. The Bertz CT molecular complexity index is 797. The van der Waals surface area contributed by atoms with E-state index in [4.69, 9.17) is 9.47 Å². The molecule has 2 aliphatic heterocycles. The Morgan fingerprint density at radius 2 is 2.19 bits per heavy atom. The Morgan fingerprint density at radius 3 is 2.88 bits per heavy atom. The molecule has 2 saturated heterocycles. The Kier molecular flexibility index (Phi) is 4.37. The van der Waals surface area contributed by atoms with Crippen LogP contribution in [-0.4, -0.2) is 52.9 Å². The summed E-state index contributed by atoms with van der Waals surface area (Å²) in [4.78, 5) is 30.1. The number of aromatic nitrogens is 1. The van der Waals surface area contributed by atoms with Gasteiger partial charge in [0.1, 0.15) is 11.6 Å². The van der Waals surface area contributed by atoms with Crippen molar-refractivity contribution >= 4 is 23.4 Å². The molecule has 2 fully saturated rings. The third kappa shape index (κ3) is 2.85. The molecule has 0 bridgehead atoms. The quantitative estimate of drug-likeness (QED) is 0.882. The van der Waals surface area contributed by atoms with Gasteiger partial charge < -0.3 is 19.5 Å². The van der Waals surface area contributed by atoms with E-state index < -0.39 is 23.6 Å². The zero-order valence-electron chi connectivity index (χ0n) is 13.9. The number of likely N-dealkylation sites (tertiary alicyclic amines) is 1. The molecule has 4 rings (SSSR count). The van der Waals surface area contributed by atoms with Crippen molar-refractivity contribution in [1.29, 1.82) is 0 Å². The number of ether oxygens (including phenoxy) is 2. The normalized spacial score (nSPS) is 27.3. The van der Waals surface area contributed by atoms with Gasteiger partial charge in [0.25, 0.3) is 0 Å². The number of fused-ring (bicyclic) bond motifs is 1. The SMILES string of the molecule is O=C(O)C1OCC2(c3nccs3)CN(C(=O)OCc3ccccc3)CC12. The van der Waals surface area contributed by atoms with Crippen LogP contribution in [0.5, 0.6) is 0 Å². The van der Waals surface area contributed by atoms with Gasteiger partial charge in [0.05, 0.1) is 12.0 Å². The highest BCUT2D eigenvalue weighted by atomic mass is 32.1. The van der Waals surface area contributed by atoms with E-state index in [0.29, 0.717) is 6.54 Å². The van der Waals surface area contributed by atoms with Crippen LogP contribution in [0.3, 0.4) is 0 Å². The van der Waals surface area contributed by atoms with E-state index in [2.05, 4.69) is 4.98 Å². The molecule has 3 unspecified atom stereocenters. The predicted octanol–water partition coefficient (Wildman–Crippen LogP) is 2.13. The lowest BCUT2D eigenvalue weighted by molar-refractivity contribution is -0.149. The van der Waals surface area contributed by atoms with Gasteiger partial charge in [-0.05, 0) is 5.56 Å². The number of hydrogen-bond donors (Lipinski definition) is 1. The highest BCUT2D eigenvalue weighted by Gasteiger charge is 2.60. The Labute approximate surface area is 154 Å². The van der Waals surface area contributed by atoms with Crippen molar-refractivity contribution in [1.82, 2.24) is 9.88 Å². The lowest BCUT2D eigenvalue weighted by Crippen LogP contribution is -2.38. The number of thiazole rings is 1. The minimum absolute atomic E-state index is 0.184. The number of rotatable bonds is 4. The van der Waals surface area contributed by atoms with Crippen LogP contribution in [0.15, 0.2) is 41.9 Å². The molecule has 1 aromatic carbocycles. The lowest BCUT2D eigenvalue weighted by atomic mass is 9.78. The zero-order valence-corrected chi connectivity index (χ0v) is 14.7. The van der Waals surface area contributed by atoms with Gasteiger partial charge in [0.15, 0.2) is 6.10 Å². The van der Waals surface area contributed by atoms with E-state index >= 15 is 0 Å². The zero-order chi connectivity index (χ0) is 18.1. The van der Waals surface area contributed by atoms with Gasteiger partial charge >= 0.3 is 12.1 Å². The van der Waals surface area contributed by atoms with Crippen molar-refractivity contribution < 1.29 is 24.2 Å². The largest absolute Gasteiger partial charge is 0.479 e. The first-order valence-corrected chi connectivity index (χ1v) is 9.18. The smallest absolute Gasteiger partial charge is 0.410 e. The average Bonchev–Trinajstić information content (AvgIpc) is 3.34. The number of carboxylic acid groups (broad SMARTS) is 1. The summed E-state index contributed by atoms with van der Waals surface area (Å²) in [5.41, 5.74) is 0.324. The van der Waals surface area contributed by atoms with E-state index in [1.54, 1.807) is 11.1 Å². The summed E-state index contributed by atoms with van der Waals surface area (Å²) in [6.45, 7) is 1.06. The maximum absolute atomic E-state index is 12.5. The molecule has 0 aliphatic carbocycles. The number of hydrogen-bond acceptors (Lipinski definition) is 6. The summed E-state index contributed by atoms with van der Waals surface area (Å²) in [6.07, 6.45) is 0.310. The third-order valence-electron chi connectivity index (χ3n) is 5.05. The van der Waals surface area contributed by atoms with Gasteiger partial charge in [-0.1, -0.05) is 30.3 Å². The Balaban J connectivity index is 1.51. The molecule has 26 heavy (non-hydrogen) atoms. The van der Waals surface area contributed by atoms with Crippen LogP contribution >= 0.6 is 11.3 Å². The molecule has 3 heterocycles. The average molecular weight is 374 g/mol. The van der Waals surface area contributed by atoms with E-state index in [9.17, 15) is 14.7 Å². The fourth-order valence-corrected chi connectivity index (χ4v) is 4.66. The van der Waals surface area contributed by atoms with E-state index in [0.717, 1.165) is 10.6 Å². The first kappa shape index (κ1) is 17.0. The highest BCUT2D eigenvalue weighted by molar-refractivity contribution is 7.09. The molecular weight excluding hydrogens is 356 g/mol. The van der Waals surface area contributed by atoms with Crippen molar-refractivity contribution in [2.75, 3.05) is 19.7 Å². The Morgan fingerprint density at radius 1 is 1.38 bits per heavy atom. The van der Waals surface area contributed by atoms with Crippen LogP contribution in [0.1, 0.15) is 10.6 Å². The van der Waals surface area contributed by atoms with Gasteiger partial charge in [0.2, 0.25) is 0 Å². The van der Waals surface area contributed by atoms with E-state index in [1.807, 2.05) is 35.7 Å². The second kappa shape index (κ2) is 6.69. The number of aliphatic carboxylic acids is 1. The van der Waals surface area contributed by atoms with Crippen molar-refractivity contribution in [2.45, 2.75) is 18.1 Å². The summed E-state index contributed by atoms with van der Waals surface area (Å²) in [6, 6.07) is 9.44. The lowest BCUT2D eigenvalue weighted by Gasteiger charge is -2.24. The van der Waals surface area contributed by atoms with Gasteiger partial charge in [-0.15, -0.1) is 11.3 Å². The number of benzene rings is 1. The summed E-state index contributed by atoms with van der Waals surface area (Å²) < 4.78 is 11.0. The molecule has 1 amide bonds. The van der Waals surface area contributed by atoms with Gasteiger partial charge in [-0.3, -0.25) is 0 Å². The molecule has 8 heteroatoms. The summed E-state index contributed by atoms with van der Waals surface area (Å²) in [5, 5.41) is 12.1. The maximum Gasteiger partial charge on any atom is 0.410 e.